The third-order valence-corrected chi connectivity index (χ3v) is 4.12. The average molecular weight is 430 g/mol. The lowest BCUT2D eigenvalue weighted by atomic mass is 10.1. The summed E-state index contributed by atoms with van der Waals surface area (Å²) in [4.78, 5) is 18.9. The Balaban J connectivity index is 1.85. The zero-order valence-electron chi connectivity index (χ0n) is 13.0. The van der Waals surface area contributed by atoms with Crippen LogP contribution in [0.1, 0.15) is 12.5 Å². The molecule has 0 spiro atoms. The van der Waals surface area contributed by atoms with Crippen LogP contribution in [0.25, 0.3) is 11.3 Å². The van der Waals surface area contributed by atoms with Gasteiger partial charge in [-0.3, -0.25) is 9.78 Å². The lowest BCUT2D eigenvalue weighted by Gasteiger charge is -2.05. The lowest BCUT2D eigenvalue weighted by molar-refractivity contribution is 1.08. The summed E-state index contributed by atoms with van der Waals surface area (Å²) in [7, 11) is 0. The molecular weight excluding hydrogens is 415 g/mol. The fourth-order valence-corrected chi connectivity index (χ4v) is 2.52. The summed E-state index contributed by atoms with van der Waals surface area (Å²) in [6, 6.07) is 19.1. The van der Waals surface area contributed by atoms with Gasteiger partial charge >= 0.3 is 0 Å². The van der Waals surface area contributed by atoms with E-state index in [1.807, 2.05) is 61.5 Å². The molecule has 0 saturated carbocycles. The van der Waals surface area contributed by atoms with E-state index in [1.165, 1.54) is 9.64 Å². The molecule has 0 unspecified atom stereocenters. The van der Waals surface area contributed by atoms with Crippen LogP contribution in [0.4, 0.5) is 5.95 Å². The van der Waals surface area contributed by atoms with Crippen molar-refractivity contribution >= 4 is 34.3 Å². The quantitative estimate of drug-likeness (QED) is 0.375. The number of nitrogens with one attached hydrogen (secondary N) is 2. The van der Waals surface area contributed by atoms with Gasteiger partial charge in [-0.15, -0.1) is 0 Å². The summed E-state index contributed by atoms with van der Waals surface area (Å²) in [5.41, 5.74) is 5.89. The van der Waals surface area contributed by atoms with Crippen molar-refractivity contribution in [1.29, 1.82) is 0 Å². The number of benzene rings is 2. The largest absolute Gasteiger partial charge is 0.291 e. The van der Waals surface area contributed by atoms with Gasteiger partial charge in [-0.25, -0.2) is 10.4 Å². The molecule has 0 aliphatic heterocycles. The molecule has 0 saturated heterocycles. The van der Waals surface area contributed by atoms with Gasteiger partial charge in [-0.1, -0.05) is 42.5 Å². The molecule has 2 aromatic carbocycles. The highest BCUT2D eigenvalue weighted by Crippen LogP contribution is 2.15. The SMILES string of the molecule is C/C(=N\Nc1nc(-c2ccccc2)cc(=O)[nH]1)c1ccc(I)cc1. The van der Waals surface area contributed by atoms with Crippen molar-refractivity contribution in [2.75, 3.05) is 5.43 Å². The van der Waals surface area contributed by atoms with E-state index in [9.17, 15) is 4.79 Å². The van der Waals surface area contributed by atoms with Crippen molar-refractivity contribution in [2.45, 2.75) is 6.92 Å². The van der Waals surface area contributed by atoms with E-state index >= 15 is 0 Å². The van der Waals surface area contributed by atoms with E-state index < -0.39 is 0 Å². The van der Waals surface area contributed by atoms with Crippen LogP contribution in [0, 0.1) is 3.57 Å². The van der Waals surface area contributed by atoms with Crippen molar-refractivity contribution < 1.29 is 0 Å². The van der Waals surface area contributed by atoms with Gasteiger partial charge in [0.25, 0.3) is 5.56 Å². The molecule has 0 radical (unpaired) electrons. The summed E-state index contributed by atoms with van der Waals surface area (Å²) < 4.78 is 1.17. The molecule has 3 aromatic rings. The fraction of sp³-hybridized carbons (Fsp3) is 0.0556. The molecule has 0 fully saturated rings. The summed E-state index contributed by atoms with van der Waals surface area (Å²) >= 11 is 2.26. The molecule has 1 aromatic heterocycles. The Labute approximate surface area is 153 Å². The topological polar surface area (TPSA) is 70.1 Å². The fourth-order valence-electron chi connectivity index (χ4n) is 2.16. The maximum absolute atomic E-state index is 11.9. The summed E-state index contributed by atoms with van der Waals surface area (Å²) in [6.45, 7) is 1.90. The van der Waals surface area contributed by atoms with Gasteiger partial charge in [0.15, 0.2) is 0 Å². The van der Waals surface area contributed by atoms with Crippen LogP contribution >= 0.6 is 22.6 Å². The molecule has 24 heavy (non-hydrogen) atoms. The number of halogens is 1. The van der Waals surface area contributed by atoms with E-state index in [2.05, 4.69) is 43.1 Å². The first-order valence-electron chi connectivity index (χ1n) is 7.35. The number of hydrogen-bond acceptors (Lipinski definition) is 4. The van der Waals surface area contributed by atoms with Crippen molar-refractivity contribution in [2.24, 2.45) is 5.10 Å². The highest BCUT2D eigenvalue weighted by molar-refractivity contribution is 14.1. The van der Waals surface area contributed by atoms with Gasteiger partial charge in [0.05, 0.1) is 11.4 Å². The van der Waals surface area contributed by atoms with Gasteiger partial charge in [0.2, 0.25) is 5.95 Å². The third-order valence-electron chi connectivity index (χ3n) is 3.40. The van der Waals surface area contributed by atoms with Crippen molar-refractivity contribution in [3.63, 3.8) is 0 Å². The molecule has 6 heteroatoms. The van der Waals surface area contributed by atoms with Crippen LogP contribution in [0.5, 0.6) is 0 Å². The van der Waals surface area contributed by atoms with Crippen LogP contribution in [0.3, 0.4) is 0 Å². The summed E-state index contributed by atoms with van der Waals surface area (Å²) in [5.74, 6) is 0.311. The van der Waals surface area contributed by atoms with Gasteiger partial charge in [-0.2, -0.15) is 5.10 Å². The maximum Gasteiger partial charge on any atom is 0.252 e. The van der Waals surface area contributed by atoms with Gasteiger partial charge < -0.3 is 0 Å². The monoisotopic (exact) mass is 430 g/mol. The Bertz CT molecular complexity index is 918. The molecule has 0 atom stereocenters. The van der Waals surface area contributed by atoms with Crippen molar-refractivity contribution in [3.8, 4) is 11.3 Å². The minimum atomic E-state index is -0.228. The highest BCUT2D eigenvalue weighted by atomic mass is 127. The molecule has 1 heterocycles. The zero-order valence-corrected chi connectivity index (χ0v) is 15.1. The first kappa shape index (κ1) is 16.4. The number of hydrazone groups is 1. The second-order valence-corrected chi connectivity index (χ2v) is 6.41. The molecule has 2 N–H and O–H groups in total. The first-order chi connectivity index (χ1) is 11.6. The first-order valence-corrected chi connectivity index (χ1v) is 8.43. The molecule has 3 rings (SSSR count). The number of aromatic nitrogens is 2. The van der Waals surface area contributed by atoms with Gasteiger partial charge in [0.1, 0.15) is 0 Å². The molecule has 0 aliphatic rings. The summed E-state index contributed by atoms with van der Waals surface area (Å²) in [5, 5.41) is 4.30. The highest BCUT2D eigenvalue weighted by Gasteiger charge is 2.04. The smallest absolute Gasteiger partial charge is 0.252 e. The van der Waals surface area contributed by atoms with Crippen LogP contribution in [0.15, 0.2) is 70.6 Å². The molecular formula is C18H15IN4O. The number of H-pyrrole nitrogens is 1. The van der Waals surface area contributed by atoms with Gasteiger partial charge in [-0.05, 0) is 47.2 Å². The number of nitrogens with zero attached hydrogens (tertiary/aromatic N) is 2. The minimum absolute atomic E-state index is 0.228. The van der Waals surface area contributed by atoms with Crippen molar-refractivity contribution in [3.05, 3.63) is 80.2 Å². The summed E-state index contributed by atoms with van der Waals surface area (Å²) in [6.07, 6.45) is 0. The van der Waals surface area contributed by atoms with E-state index in [1.54, 1.807) is 0 Å². The Hall–Kier alpha value is -2.48. The van der Waals surface area contributed by atoms with Gasteiger partial charge in [0, 0.05) is 15.2 Å². The molecule has 0 aliphatic carbocycles. The molecule has 120 valence electrons. The van der Waals surface area contributed by atoms with E-state index in [-0.39, 0.29) is 5.56 Å². The molecule has 5 nitrogen and oxygen atoms in total. The Kier molecular flexibility index (Phi) is 5.05. The average Bonchev–Trinajstić information content (AvgIpc) is 2.60. The number of hydrogen-bond donors (Lipinski definition) is 2. The minimum Gasteiger partial charge on any atom is -0.291 e. The second-order valence-electron chi connectivity index (χ2n) is 5.16. The van der Waals surface area contributed by atoms with Crippen LogP contribution in [0.2, 0.25) is 0 Å². The predicted molar refractivity (Wildman–Crippen MR) is 105 cm³/mol. The number of anilines is 1. The predicted octanol–water partition coefficient (Wildman–Crippen LogP) is 3.88. The number of aromatic amines is 1. The Morgan fingerprint density at radius 1 is 1.12 bits per heavy atom. The van der Waals surface area contributed by atoms with E-state index in [0.29, 0.717) is 11.6 Å². The number of rotatable bonds is 4. The maximum atomic E-state index is 11.9. The van der Waals surface area contributed by atoms with E-state index in [4.69, 9.17) is 0 Å². The van der Waals surface area contributed by atoms with Crippen LogP contribution in [-0.4, -0.2) is 15.7 Å². The molecule has 0 bridgehead atoms. The van der Waals surface area contributed by atoms with E-state index in [0.717, 1.165) is 16.8 Å². The molecule has 0 amide bonds. The lowest BCUT2D eigenvalue weighted by Crippen LogP contribution is -2.11. The zero-order chi connectivity index (χ0) is 16.9. The van der Waals surface area contributed by atoms with Crippen LogP contribution < -0.4 is 11.0 Å². The second kappa shape index (κ2) is 7.39. The Morgan fingerprint density at radius 2 is 1.83 bits per heavy atom. The van der Waals surface area contributed by atoms with Crippen LogP contribution in [-0.2, 0) is 0 Å². The Morgan fingerprint density at radius 3 is 2.54 bits per heavy atom. The standard InChI is InChI=1S/C18H15IN4O/c1-12(13-7-9-15(19)10-8-13)22-23-18-20-16(11-17(24)21-18)14-5-3-2-4-6-14/h2-11H,1H3,(H2,20,21,23,24)/b22-12+. The third kappa shape index (κ3) is 4.08. The normalized spacial score (nSPS) is 11.3. The van der Waals surface area contributed by atoms with Crippen molar-refractivity contribution in [1.82, 2.24) is 9.97 Å².